The molecule has 0 saturated heterocycles. The van der Waals surface area contributed by atoms with Crippen molar-refractivity contribution < 1.29 is 13.5 Å². The zero-order chi connectivity index (χ0) is 14.4. The predicted molar refractivity (Wildman–Crippen MR) is 77.9 cm³/mol. The lowest BCUT2D eigenvalue weighted by atomic mass is 9.82. The molecule has 0 radical (unpaired) electrons. The van der Waals surface area contributed by atoms with Crippen LogP contribution in [0.25, 0.3) is 6.08 Å². The van der Waals surface area contributed by atoms with E-state index in [0.29, 0.717) is 17.6 Å². The van der Waals surface area contributed by atoms with E-state index in [9.17, 15) is 8.78 Å². The third-order valence-electron chi connectivity index (χ3n) is 3.92. The van der Waals surface area contributed by atoms with Crippen molar-refractivity contribution in [2.24, 2.45) is 0 Å². The van der Waals surface area contributed by atoms with Crippen molar-refractivity contribution >= 4 is 6.08 Å². The van der Waals surface area contributed by atoms with Crippen LogP contribution in [0.15, 0.2) is 30.3 Å². The van der Waals surface area contributed by atoms with E-state index in [1.54, 1.807) is 12.1 Å². The van der Waals surface area contributed by atoms with Gasteiger partial charge < -0.3 is 4.74 Å². The number of hydrogen-bond donors (Lipinski definition) is 0. The van der Waals surface area contributed by atoms with E-state index in [-0.39, 0.29) is 0 Å². The van der Waals surface area contributed by atoms with Crippen molar-refractivity contribution in [1.82, 2.24) is 0 Å². The summed E-state index contributed by atoms with van der Waals surface area (Å²) < 4.78 is 30.1. The maximum atomic E-state index is 12.2. The lowest BCUT2D eigenvalue weighted by Crippen LogP contribution is -2.21. The van der Waals surface area contributed by atoms with Crippen molar-refractivity contribution in [3.63, 3.8) is 0 Å². The molecule has 0 aromatic heterocycles. The normalized spacial score (nSPS) is 22.6. The minimum atomic E-state index is -1.65. The first-order valence-corrected chi connectivity index (χ1v) is 7.43. The van der Waals surface area contributed by atoms with Crippen LogP contribution in [-0.4, -0.2) is 12.7 Å². The third kappa shape index (κ3) is 4.41. The second kappa shape index (κ2) is 7.53. The lowest BCUT2D eigenvalue weighted by molar-refractivity contribution is 0.0251. The molecule has 2 rings (SSSR count). The van der Waals surface area contributed by atoms with Crippen LogP contribution >= 0.6 is 0 Å². The largest absolute Gasteiger partial charge is 0.378 e. The van der Waals surface area contributed by atoms with Crippen LogP contribution in [0.4, 0.5) is 8.78 Å². The van der Waals surface area contributed by atoms with Crippen LogP contribution in [0.2, 0.25) is 0 Å². The number of benzene rings is 1. The molecular formula is C17H22F2O. The highest BCUT2D eigenvalue weighted by atomic mass is 19.3. The monoisotopic (exact) mass is 280 g/mol. The molecule has 0 aliphatic heterocycles. The van der Waals surface area contributed by atoms with E-state index in [1.807, 2.05) is 12.1 Å². The average molecular weight is 280 g/mol. The molecule has 1 aliphatic carbocycles. The average Bonchev–Trinajstić information content (AvgIpc) is 2.46. The molecule has 110 valence electrons. The van der Waals surface area contributed by atoms with Gasteiger partial charge in [-0.15, -0.1) is 0 Å². The van der Waals surface area contributed by atoms with Crippen LogP contribution < -0.4 is 0 Å². The Balaban J connectivity index is 1.89. The Morgan fingerprint density at radius 1 is 1.15 bits per heavy atom. The van der Waals surface area contributed by atoms with Crippen molar-refractivity contribution in [3.8, 4) is 0 Å². The first kappa shape index (κ1) is 15.2. The fourth-order valence-corrected chi connectivity index (χ4v) is 2.84. The Morgan fingerprint density at radius 3 is 2.35 bits per heavy atom. The highest BCUT2D eigenvalue weighted by Gasteiger charge is 2.22. The molecule has 0 heterocycles. The van der Waals surface area contributed by atoms with E-state index in [4.69, 9.17) is 4.74 Å². The van der Waals surface area contributed by atoms with Crippen LogP contribution in [0.3, 0.4) is 0 Å². The Hall–Kier alpha value is -1.22. The van der Waals surface area contributed by atoms with Gasteiger partial charge in [0, 0.05) is 12.7 Å². The second-order valence-electron chi connectivity index (χ2n) is 5.45. The van der Waals surface area contributed by atoms with E-state index < -0.39 is 6.08 Å². The summed E-state index contributed by atoms with van der Waals surface area (Å²) in [5.41, 5.74) is 1.82. The van der Waals surface area contributed by atoms with Gasteiger partial charge in [0.1, 0.15) is 0 Å². The fourth-order valence-electron chi connectivity index (χ4n) is 2.84. The minimum absolute atomic E-state index is 0.411. The van der Waals surface area contributed by atoms with E-state index in [0.717, 1.165) is 44.8 Å². The Kier molecular flexibility index (Phi) is 5.72. The van der Waals surface area contributed by atoms with Gasteiger partial charge in [-0.25, -0.2) is 0 Å². The summed E-state index contributed by atoms with van der Waals surface area (Å²) in [6, 6.07) is 7.50. The SMILES string of the molecule is CCCOC1CCC(c2ccc(C=C(F)F)cc2)CC1. The summed E-state index contributed by atoms with van der Waals surface area (Å²) >= 11 is 0. The number of ether oxygens (including phenoxy) is 1. The van der Waals surface area contributed by atoms with E-state index in [1.165, 1.54) is 5.56 Å². The molecule has 0 unspecified atom stereocenters. The molecule has 3 heteroatoms. The van der Waals surface area contributed by atoms with Crippen LogP contribution in [0, 0.1) is 0 Å². The van der Waals surface area contributed by atoms with Crippen LogP contribution in [-0.2, 0) is 4.74 Å². The van der Waals surface area contributed by atoms with Gasteiger partial charge in [0.05, 0.1) is 6.10 Å². The third-order valence-corrected chi connectivity index (χ3v) is 3.92. The lowest BCUT2D eigenvalue weighted by Gasteiger charge is -2.28. The first-order chi connectivity index (χ1) is 9.69. The standard InChI is InChI=1S/C17H22F2O/c1-2-11-20-16-9-7-15(8-10-16)14-5-3-13(4-6-14)12-17(18)19/h3-6,12,15-16H,2,7-11H2,1H3. The summed E-state index contributed by atoms with van der Waals surface area (Å²) in [5.74, 6) is 0.546. The fraction of sp³-hybridized carbons (Fsp3) is 0.529. The summed E-state index contributed by atoms with van der Waals surface area (Å²) in [4.78, 5) is 0. The van der Waals surface area contributed by atoms with Crippen molar-refractivity contribution in [3.05, 3.63) is 41.5 Å². The van der Waals surface area contributed by atoms with Gasteiger partial charge in [-0.3, -0.25) is 0 Å². The molecule has 0 amide bonds. The molecule has 1 nitrogen and oxygen atoms in total. The molecule has 0 N–H and O–H groups in total. The van der Waals surface area contributed by atoms with Crippen molar-refractivity contribution in [1.29, 1.82) is 0 Å². The van der Waals surface area contributed by atoms with Crippen molar-refractivity contribution in [2.75, 3.05) is 6.61 Å². The molecular weight excluding hydrogens is 258 g/mol. The Bertz CT molecular complexity index is 427. The first-order valence-electron chi connectivity index (χ1n) is 7.43. The number of hydrogen-bond acceptors (Lipinski definition) is 1. The summed E-state index contributed by atoms with van der Waals surface area (Å²) in [5, 5.41) is 0. The zero-order valence-electron chi connectivity index (χ0n) is 11.9. The van der Waals surface area contributed by atoms with Gasteiger partial charge in [-0.2, -0.15) is 8.78 Å². The molecule has 0 spiro atoms. The summed E-state index contributed by atoms with van der Waals surface area (Å²) in [6.07, 6.45) is 5.19. The minimum Gasteiger partial charge on any atom is -0.378 e. The van der Waals surface area contributed by atoms with E-state index in [2.05, 4.69) is 6.92 Å². The number of rotatable bonds is 5. The predicted octanol–water partition coefficient (Wildman–Crippen LogP) is 5.38. The van der Waals surface area contributed by atoms with Crippen LogP contribution in [0.5, 0.6) is 0 Å². The highest BCUT2D eigenvalue weighted by Crippen LogP contribution is 2.34. The maximum Gasteiger partial charge on any atom is 0.270 e. The molecule has 1 saturated carbocycles. The summed E-state index contributed by atoms with van der Waals surface area (Å²) in [6.45, 7) is 2.98. The molecule has 1 fully saturated rings. The quantitative estimate of drug-likeness (QED) is 0.704. The molecule has 20 heavy (non-hydrogen) atoms. The van der Waals surface area contributed by atoms with Gasteiger partial charge in [0.15, 0.2) is 0 Å². The highest BCUT2D eigenvalue weighted by molar-refractivity contribution is 5.50. The van der Waals surface area contributed by atoms with Crippen molar-refractivity contribution in [2.45, 2.75) is 51.0 Å². The zero-order valence-corrected chi connectivity index (χ0v) is 11.9. The number of halogens is 2. The maximum absolute atomic E-state index is 12.2. The van der Waals surface area contributed by atoms with Gasteiger partial charge >= 0.3 is 0 Å². The van der Waals surface area contributed by atoms with Gasteiger partial charge in [0.25, 0.3) is 6.08 Å². The molecule has 0 bridgehead atoms. The molecule has 1 aromatic rings. The summed E-state index contributed by atoms with van der Waals surface area (Å²) in [7, 11) is 0. The molecule has 0 atom stereocenters. The Morgan fingerprint density at radius 2 is 1.80 bits per heavy atom. The van der Waals surface area contributed by atoms with Crippen LogP contribution in [0.1, 0.15) is 56.1 Å². The Labute approximate surface area is 119 Å². The molecule has 1 aromatic carbocycles. The topological polar surface area (TPSA) is 9.23 Å². The van der Waals surface area contributed by atoms with Gasteiger partial charge in [0.2, 0.25) is 0 Å². The van der Waals surface area contributed by atoms with Gasteiger partial charge in [-0.05, 0) is 49.1 Å². The van der Waals surface area contributed by atoms with Gasteiger partial charge in [-0.1, -0.05) is 31.2 Å². The second-order valence-corrected chi connectivity index (χ2v) is 5.45. The smallest absolute Gasteiger partial charge is 0.270 e. The van der Waals surface area contributed by atoms with E-state index >= 15 is 0 Å². The molecule has 1 aliphatic rings.